The van der Waals surface area contributed by atoms with Crippen molar-refractivity contribution in [3.05, 3.63) is 42.5 Å². The topological polar surface area (TPSA) is 20.3 Å². The van der Waals surface area contributed by atoms with Gasteiger partial charge in [-0.05, 0) is 18.4 Å². The maximum Gasteiger partial charge on any atom is 0.151 e. The van der Waals surface area contributed by atoms with Gasteiger partial charge in [0.2, 0.25) is 0 Å². The zero-order chi connectivity index (χ0) is 13.0. The summed E-state index contributed by atoms with van der Waals surface area (Å²) in [6.07, 6.45) is 0.598. The first-order valence-electron chi connectivity index (χ1n) is 6.50. The summed E-state index contributed by atoms with van der Waals surface area (Å²) in [6, 6.07) is 14.6. The van der Waals surface area contributed by atoms with Crippen LogP contribution in [-0.2, 0) is 4.79 Å². The van der Waals surface area contributed by atoms with Gasteiger partial charge in [0, 0.05) is 24.0 Å². The fraction of sp³-hybridized carbons (Fsp3) is 0.312. The summed E-state index contributed by atoms with van der Waals surface area (Å²) >= 11 is 0. The third-order valence-corrected chi connectivity index (χ3v) is 3.25. The van der Waals surface area contributed by atoms with E-state index in [4.69, 9.17) is 0 Å². The van der Waals surface area contributed by atoms with Crippen LogP contribution in [0.3, 0.4) is 0 Å². The molecule has 0 saturated heterocycles. The third kappa shape index (κ3) is 2.53. The quantitative estimate of drug-likeness (QED) is 0.796. The van der Waals surface area contributed by atoms with E-state index in [0.29, 0.717) is 13.0 Å². The molecule has 2 aromatic carbocycles. The molecule has 0 unspecified atom stereocenters. The number of anilines is 1. The lowest BCUT2D eigenvalue weighted by Crippen LogP contribution is -2.29. The van der Waals surface area contributed by atoms with Crippen molar-refractivity contribution in [2.24, 2.45) is 0 Å². The van der Waals surface area contributed by atoms with Crippen LogP contribution in [0.25, 0.3) is 10.8 Å². The minimum absolute atomic E-state index is 0.282. The average Bonchev–Trinajstić information content (AvgIpc) is 2.44. The number of hydrogen-bond donors (Lipinski definition) is 0. The van der Waals surface area contributed by atoms with Gasteiger partial charge in [-0.25, -0.2) is 0 Å². The summed E-state index contributed by atoms with van der Waals surface area (Å²) < 4.78 is 0. The molecular weight excluding hydrogens is 222 g/mol. The zero-order valence-electron chi connectivity index (χ0n) is 11.0. The number of rotatable bonds is 5. The van der Waals surface area contributed by atoms with Crippen LogP contribution in [-0.4, -0.2) is 18.9 Å². The molecule has 2 heteroatoms. The van der Waals surface area contributed by atoms with Crippen LogP contribution in [0.15, 0.2) is 42.5 Å². The van der Waals surface area contributed by atoms with Gasteiger partial charge in [-0.15, -0.1) is 0 Å². The van der Waals surface area contributed by atoms with Gasteiger partial charge >= 0.3 is 0 Å². The van der Waals surface area contributed by atoms with E-state index in [9.17, 15) is 4.79 Å². The highest BCUT2D eigenvalue weighted by Gasteiger charge is 2.10. The third-order valence-electron chi connectivity index (χ3n) is 3.25. The Kier molecular flexibility index (Phi) is 3.98. The number of carbonyl (C=O) groups is 1. The molecule has 0 atom stereocenters. The second-order valence-electron chi connectivity index (χ2n) is 4.40. The Morgan fingerprint density at radius 3 is 2.50 bits per heavy atom. The first-order chi connectivity index (χ1) is 8.76. The average molecular weight is 241 g/mol. The molecule has 0 saturated carbocycles. The lowest BCUT2D eigenvalue weighted by atomic mass is 10.1. The first-order valence-corrected chi connectivity index (χ1v) is 6.50. The van der Waals surface area contributed by atoms with Crippen LogP contribution in [0.4, 0.5) is 5.69 Å². The number of nitrogens with zero attached hydrogens (tertiary/aromatic N) is 1. The van der Waals surface area contributed by atoms with Crippen LogP contribution < -0.4 is 4.90 Å². The van der Waals surface area contributed by atoms with Crippen molar-refractivity contribution < 1.29 is 4.79 Å². The van der Waals surface area contributed by atoms with Gasteiger partial charge in [0.25, 0.3) is 0 Å². The predicted molar refractivity (Wildman–Crippen MR) is 77.1 cm³/mol. The molecule has 0 N–H and O–H groups in total. The van der Waals surface area contributed by atoms with Crippen LogP contribution in [0.5, 0.6) is 0 Å². The molecule has 0 aliphatic heterocycles. The molecule has 18 heavy (non-hydrogen) atoms. The Hall–Kier alpha value is -1.83. The molecule has 0 radical (unpaired) electrons. The number of benzene rings is 2. The van der Waals surface area contributed by atoms with Gasteiger partial charge in [-0.3, -0.25) is 4.79 Å². The summed E-state index contributed by atoms with van der Waals surface area (Å²) in [5.41, 5.74) is 1.15. The molecule has 2 aromatic rings. The molecule has 0 aliphatic carbocycles. The predicted octanol–water partition coefficient (Wildman–Crippen LogP) is 3.65. The molecule has 0 amide bonds. The van der Waals surface area contributed by atoms with Gasteiger partial charge in [-0.2, -0.15) is 0 Å². The smallest absolute Gasteiger partial charge is 0.151 e. The molecule has 0 bridgehead atoms. The van der Waals surface area contributed by atoms with Crippen molar-refractivity contribution >= 4 is 22.2 Å². The van der Waals surface area contributed by atoms with Crippen molar-refractivity contribution in [3.8, 4) is 0 Å². The molecule has 2 nitrogen and oxygen atoms in total. The molecule has 0 aromatic heterocycles. The molecular formula is C16H19NO. The maximum absolute atomic E-state index is 11.6. The van der Waals surface area contributed by atoms with Crippen LogP contribution in [0, 0.1) is 0 Å². The fourth-order valence-electron chi connectivity index (χ4n) is 2.18. The molecule has 0 aliphatic rings. The Balaban J connectivity index is 2.41. The van der Waals surface area contributed by atoms with E-state index in [1.165, 1.54) is 10.8 Å². The highest BCUT2D eigenvalue weighted by molar-refractivity contribution is 5.96. The van der Waals surface area contributed by atoms with E-state index in [0.717, 1.165) is 12.2 Å². The Morgan fingerprint density at radius 2 is 1.78 bits per heavy atom. The number of likely N-dealkylation sites (N-methyl/N-ethyl adjacent to an activating group) is 1. The van der Waals surface area contributed by atoms with Gasteiger partial charge in [0.05, 0.1) is 6.54 Å². The fourth-order valence-corrected chi connectivity index (χ4v) is 2.18. The van der Waals surface area contributed by atoms with Gasteiger partial charge in [0.1, 0.15) is 0 Å². The van der Waals surface area contributed by atoms with Gasteiger partial charge in [0.15, 0.2) is 5.78 Å². The van der Waals surface area contributed by atoms with Crippen LogP contribution in [0.2, 0.25) is 0 Å². The zero-order valence-corrected chi connectivity index (χ0v) is 11.0. The molecule has 0 spiro atoms. The Bertz CT molecular complexity index is 542. The Labute approximate surface area is 108 Å². The van der Waals surface area contributed by atoms with Crippen molar-refractivity contribution in [3.63, 3.8) is 0 Å². The number of Topliss-reactive ketones (excluding diaryl/α,β-unsaturated/α-hetero) is 1. The highest BCUT2D eigenvalue weighted by atomic mass is 16.1. The molecule has 0 fully saturated rings. The summed E-state index contributed by atoms with van der Waals surface area (Å²) in [5.74, 6) is 0.282. The minimum atomic E-state index is 0.282. The number of hydrogen-bond acceptors (Lipinski definition) is 2. The number of carbonyl (C=O) groups excluding carboxylic acids is 1. The van der Waals surface area contributed by atoms with E-state index >= 15 is 0 Å². The molecule has 0 heterocycles. The van der Waals surface area contributed by atoms with E-state index in [2.05, 4.69) is 42.2 Å². The van der Waals surface area contributed by atoms with Crippen molar-refractivity contribution in [1.29, 1.82) is 0 Å². The van der Waals surface area contributed by atoms with Crippen LogP contribution in [0.1, 0.15) is 20.3 Å². The normalized spacial score (nSPS) is 10.6. The second kappa shape index (κ2) is 5.67. The van der Waals surface area contributed by atoms with Gasteiger partial charge in [-0.1, -0.05) is 43.3 Å². The van der Waals surface area contributed by atoms with Gasteiger partial charge < -0.3 is 4.90 Å². The summed E-state index contributed by atoms with van der Waals surface area (Å²) in [5, 5.41) is 2.43. The maximum atomic E-state index is 11.6. The van der Waals surface area contributed by atoms with E-state index in [1.807, 2.05) is 19.1 Å². The van der Waals surface area contributed by atoms with E-state index < -0.39 is 0 Å². The highest BCUT2D eigenvalue weighted by Crippen LogP contribution is 2.26. The van der Waals surface area contributed by atoms with E-state index in [1.54, 1.807) is 0 Å². The Morgan fingerprint density at radius 1 is 1.06 bits per heavy atom. The van der Waals surface area contributed by atoms with Crippen molar-refractivity contribution in [2.75, 3.05) is 18.0 Å². The molecule has 2 rings (SSSR count). The van der Waals surface area contributed by atoms with Crippen molar-refractivity contribution in [2.45, 2.75) is 20.3 Å². The summed E-state index contributed by atoms with van der Waals surface area (Å²) in [7, 11) is 0. The number of fused-ring (bicyclic) bond motifs is 1. The monoisotopic (exact) mass is 241 g/mol. The summed E-state index contributed by atoms with van der Waals surface area (Å²) in [4.78, 5) is 13.8. The standard InChI is InChI=1S/C16H19NO/c1-3-14(18)12-17(4-2)16-11-7-9-13-8-5-6-10-15(13)16/h5-11H,3-4,12H2,1-2H3. The van der Waals surface area contributed by atoms with Crippen molar-refractivity contribution in [1.82, 2.24) is 0 Å². The molecule has 94 valence electrons. The van der Waals surface area contributed by atoms with Crippen LogP contribution >= 0.6 is 0 Å². The minimum Gasteiger partial charge on any atom is -0.364 e. The lowest BCUT2D eigenvalue weighted by molar-refractivity contribution is -0.117. The number of ketones is 1. The SMILES string of the molecule is CCC(=O)CN(CC)c1cccc2ccccc12. The summed E-state index contributed by atoms with van der Waals surface area (Å²) in [6.45, 7) is 5.35. The lowest BCUT2D eigenvalue weighted by Gasteiger charge is -2.23. The largest absolute Gasteiger partial charge is 0.364 e. The first kappa shape index (κ1) is 12.6. The second-order valence-corrected chi connectivity index (χ2v) is 4.40. The van der Waals surface area contributed by atoms with E-state index in [-0.39, 0.29) is 5.78 Å².